The summed E-state index contributed by atoms with van der Waals surface area (Å²) in [7, 11) is 0. The number of aliphatic hydroxyl groups excluding tert-OH is 1. The first kappa shape index (κ1) is 11.9. The molecule has 1 aromatic carbocycles. The Bertz CT molecular complexity index is 300. The number of nitrogens with one attached hydrogen (secondary N) is 1. The number of ether oxygens (including phenoxy) is 1. The SMILES string of the molecule is CCCNc1ccc(OCC)c(CO)c1. The first-order valence-electron chi connectivity index (χ1n) is 5.42. The van der Waals surface area contributed by atoms with Gasteiger partial charge in [-0.25, -0.2) is 0 Å². The van der Waals surface area contributed by atoms with Crippen LogP contribution in [-0.4, -0.2) is 18.3 Å². The Morgan fingerprint density at radius 3 is 2.73 bits per heavy atom. The van der Waals surface area contributed by atoms with Gasteiger partial charge in [-0.1, -0.05) is 6.92 Å². The lowest BCUT2D eigenvalue weighted by atomic mass is 10.2. The molecule has 84 valence electrons. The average molecular weight is 209 g/mol. The maximum absolute atomic E-state index is 9.19. The summed E-state index contributed by atoms with van der Waals surface area (Å²) in [6, 6.07) is 5.80. The Labute approximate surface area is 91.1 Å². The van der Waals surface area contributed by atoms with Crippen molar-refractivity contribution in [2.24, 2.45) is 0 Å². The number of hydrogen-bond donors (Lipinski definition) is 2. The highest BCUT2D eigenvalue weighted by atomic mass is 16.5. The van der Waals surface area contributed by atoms with Crippen LogP contribution in [0.4, 0.5) is 5.69 Å². The lowest BCUT2D eigenvalue weighted by Crippen LogP contribution is -2.02. The fraction of sp³-hybridized carbons (Fsp3) is 0.500. The summed E-state index contributed by atoms with van der Waals surface area (Å²) in [6.07, 6.45) is 1.08. The molecule has 0 aliphatic heterocycles. The standard InChI is InChI=1S/C12H19NO2/c1-3-7-13-11-5-6-12(15-4-2)10(8-11)9-14/h5-6,8,13-14H,3-4,7,9H2,1-2H3. The van der Waals surface area contributed by atoms with Gasteiger partial charge in [0, 0.05) is 17.8 Å². The van der Waals surface area contributed by atoms with Crippen molar-refractivity contribution in [1.29, 1.82) is 0 Å². The zero-order chi connectivity index (χ0) is 11.1. The summed E-state index contributed by atoms with van der Waals surface area (Å²) >= 11 is 0. The van der Waals surface area contributed by atoms with Crippen molar-refractivity contribution in [2.45, 2.75) is 26.9 Å². The van der Waals surface area contributed by atoms with E-state index in [0.717, 1.165) is 30.0 Å². The van der Waals surface area contributed by atoms with Crippen LogP contribution in [0.3, 0.4) is 0 Å². The van der Waals surface area contributed by atoms with Gasteiger partial charge >= 0.3 is 0 Å². The van der Waals surface area contributed by atoms with Gasteiger partial charge in [-0.2, -0.15) is 0 Å². The molecule has 0 heterocycles. The number of anilines is 1. The van der Waals surface area contributed by atoms with Gasteiger partial charge in [-0.15, -0.1) is 0 Å². The third-order valence-electron chi connectivity index (χ3n) is 2.11. The van der Waals surface area contributed by atoms with Gasteiger partial charge in [0.15, 0.2) is 0 Å². The van der Waals surface area contributed by atoms with E-state index in [1.165, 1.54) is 0 Å². The van der Waals surface area contributed by atoms with Gasteiger partial charge in [0.2, 0.25) is 0 Å². The third-order valence-corrected chi connectivity index (χ3v) is 2.11. The van der Waals surface area contributed by atoms with Gasteiger partial charge < -0.3 is 15.2 Å². The fourth-order valence-electron chi connectivity index (χ4n) is 1.38. The van der Waals surface area contributed by atoms with E-state index in [0.29, 0.717) is 6.61 Å². The van der Waals surface area contributed by atoms with Crippen molar-refractivity contribution in [3.8, 4) is 5.75 Å². The van der Waals surface area contributed by atoms with E-state index in [9.17, 15) is 5.11 Å². The van der Waals surface area contributed by atoms with Crippen LogP contribution < -0.4 is 10.1 Å². The van der Waals surface area contributed by atoms with E-state index in [1.807, 2.05) is 25.1 Å². The molecule has 0 radical (unpaired) electrons. The van der Waals surface area contributed by atoms with Crippen LogP contribution in [0.5, 0.6) is 5.75 Å². The molecule has 0 bridgehead atoms. The number of benzene rings is 1. The van der Waals surface area contributed by atoms with Gasteiger partial charge in [0.25, 0.3) is 0 Å². The lowest BCUT2D eigenvalue weighted by Gasteiger charge is -2.11. The number of rotatable bonds is 6. The van der Waals surface area contributed by atoms with Crippen LogP contribution in [0, 0.1) is 0 Å². The summed E-state index contributed by atoms with van der Waals surface area (Å²) < 4.78 is 5.40. The predicted molar refractivity (Wildman–Crippen MR) is 62.3 cm³/mol. The van der Waals surface area contributed by atoms with E-state index >= 15 is 0 Å². The van der Waals surface area contributed by atoms with Gasteiger partial charge in [0.05, 0.1) is 13.2 Å². The Kier molecular flexibility index (Phi) is 4.98. The van der Waals surface area contributed by atoms with Crippen LogP contribution in [0.2, 0.25) is 0 Å². The first-order valence-corrected chi connectivity index (χ1v) is 5.42. The molecule has 15 heavy (non-hydrogen) atoms. The van der Waals surface area contributed by atoms with E-state index < -0.39 is 0 Å². The fourth-order valence-corrected chi connectivity index (χ4v) is 1.38. The molecular formula is C12H19NO2. The molecule has 0 atom stereocenters. The maximum Gasteiger partial charge on any atom is 0.124 e. The zero-order valence-corrected chi connectivity index (χ0v) is 9.42. The summed E-state index contributed by atoms with van der Waals surface area (Å²) in [5.74, 6) is 0.766. The normalized spacial score (nSPS) is 10.1. The predicted octanol–water partition coefficient (Wildman–Crippen LogP) is 2.40. The smallest absolute Gasteiger partial charge is 0.124 e. The minimum absolute atomic E-state index is 0.0109. The monoisotopic (exact) mass is 209 g/mol. The van der Waals surface area contributed by atoms with Crippen LogP contribution in [0.25, 0.3) is 0 Å². The zero-order valence-electron chi connectivity index (χ0n) is 9.42. The number of aliphatic hydroxyl groups is 1. The molecule has 3 nitrogen and oxygen atoms in total. The van der Waals surface area contributed by atoms with E-state index in [2.05, 4.69) is 12.2 Å². The second-order valence-electron chi connectivity index (χ2n) is 3.34. The molecule has 0 aliphatic carbocycles. The lowest BCUT2D eigenvalue weighted by molar-refractivity contribution is 0.267. The first-order chi connectivity index (χ1) is 7.31. The van der Waals surface area contributed by atoms with E-state index in [-0.39, 0.29) is 6.61 Å². The molecule has 0 fully saturated rings. The second-order valence-corrected chi connectivity index (χ2v) is 3.34. The molecule has 1 rings (SSSR count). The van der Waals surface area contributed by atoms with Crippen molar-refractivity contribution >= 4 is 5.69 Å². The van der Waals surface area contributed by atoms with Crippen LogP contribution in [-0.2, 0) is 6.61 Å². The maximum atomic E-state index is 9.19. The second kappa shape index (κ2) is 6.30. The molecule has 2 N–H and O–H groups in total. The van der Waals surface area contributed by atoms with Crippen molar-refractivity contribution < 1.29 is 9.84 Å². The summed E-state index contributed by atoms with van der Waals surface area (Å²) in [5, 5.41) is 12.5. The van der Waals surface area contributed by atoms with Crippen LogP contribution in [0.1, 0.15) is 25.8 Å². The molecule has 1 aromatic rings. The van der Waals surface area contributed by atoms with Crippen LogP contribution in [0.15, 0.2) is 18.2 Å². The van der Waals surface area contributed by atoms with Crippen molar-refractivity contribution in [3.05, 3.63) is 23.8 Å². The highest BCUT2D eigenvalue weighted by Crippen LogP contribution is 2.22. The Hall–Kier alpha value is -1.22. The minimum Gasteiger partial charge on any atom is -0.494 e. The molecule has 0 saturated carbocycles. The summed E-state index contributed by atoms with van der Waals surface area (Å²) in [4.78, 5) is 0. The van der Waals surface area contributed by atoms with Crippen molar-refractivity contribution in [2.75, 3.05) is 18.5 Å². The van der Waals surface area contributed by atoms with Gasteiger partial charge in [-0.3, -0.25) is 0 Å². The molecule has 0 amide bonds. The van der Waals surface area contributed by atoms with E-state index in [4.69, 9.17) is 4.74 Å². The Morgan fingerprint density at radius 2 is 2.13 bits per heavy atom. The van der Waals surface area contributed by atoms with Gasteiger partial charge in [0.1, 0.15) is 5.75 Å². The minimum atomic E-state index is 0.0109. The Balaban J connectivity index is 2.77. The summed E-state index contributed by atoms with van der Waals surface area (Å²) in [6.45, 7) is 5.63. The van der Waals surface area contributed by atoms with Crippen molar-refractivity contribution in [1.82, 2.24) is 0 Å². The van der Waals surface area contributed by atoms with Crippen molar-refractivity contribution in [3.63, 3.8) is 0 Å². The largest absolute Gasteiger partial charge is 0.494 e. The molecule has 0 aromatic heterocycles. The third kappa shape index (κ3) is 3.44. The highest BCUT2D eigenvalue weighted by molar-refractivity contribution is 5.51. The molecule has 0 saturated heterocycles. The molecule has 0 unspecified atom stereocenters. The topological polar surface area (TPSA) is 41.5 Å². The highest BCUT2D eigenvalue weighted by Gasteiger charge is 2.03. The van der Waals surface area contributed by atoms with Gasteiger partial charge in [-0.05, 0) is 31.5 Å². The molecule has 0 aliphatic rings. The number of hydrogen-bond acceptors (Lipinski definition) is 3. The Morgan fingerprint density at radius 1 is 1.33 bits per heavy atom. The van der Waals surface area contributed by atoms with Crippen LogP contribution >= 0.6 is 0 Å². The average Bonchev–Trinajstić information content (AvgIpc) is 2.28. The molecule has 0 spiro atoms. The molecular weight excluding hydrogens is 190 g/mol. The summed E-state index contributed by atoms with van der Waals surface area (Å²) in [5.41, 5.74) is 1.86. The quantitative estimate of drug-likeness (QED) is 0.756. The molecule has 3 heteroatoms. The van der Waals surface area contributed by atoms with E-state index in [1.54, 1.807) is 0 Å².